The van der Waals surface area contributed by atoms with Gasteiger partial charge in [0.25, 0.3) is 6.01 Å². The van der Waals surface area contributed by atoms with Crippen molar-refractivity contribution < 1.29 is 4.42 Å². The average molecular weight is 233 g/mol. The smallest absolute Gasteiger partial charge is 0.298 e. The second-order valence-corrected chi connectivity index (χ2v) is 3.90. The van der Waals surface area contributed by atoms with E-state index in [1.54, 1.807) is 0 Å². The molecule has 0 spiro atoms. The van der Waals surface area contributed by atoms with Crippen molar-refractivity contribution in [1.29, 1.82) is 0 Å². The fraction of sp³-hybridized carbons (Fsp3) is 0.462. The number of aromatic nitrogens is 1. The van der Waals surface area contributed by atoms with Crippen molar-refractivity contribution in [3.63, 3.8) is 0 Å². The first-order valence-electron chi connectivity index (χ1n) is 6.16. The van der Waals surface area contributed by atoms with E-state index in [-0.39, 0.29) is 0 Å². The molecule has 0 aliphatic carbocycles. The SMILES string of the molecule is CCNCCN(CC)c1nc2ccccc2o1. The molecule has 1 N–H and O–H groups in total. The summed E-state index contributed by atoms with van der Waals surface area (Å²) in [6, 6.07) is 8.58. The fourth-order valence-corrected chi connectivity index (χ4v) is 1.78. The molecular formula is C13H19N3O. The van der Waals surface area contributed by atoms with Crippen LogP contribution in [0.25, 0.3) is 11.1 Å². The average Bonchev–Trinajstić information content (AvgIpc) is 2.78. The number of nitrogens with zero attached hydrogens (tertiary/aromatic N) is 2. The summed E-state index contributed by atoms with van der Waals surface area (Å²) in [7, 11) is 0. The standard InChI is InChI=1S/C13H19N3O/c1-3-14-9-10-16(4-2)13-15-11-7-5-6-8-12(11)17-13/h5-8,14H,3-4,9-10H2,1-2H3. The highest BCUT2D eigenvalue weighted by atomic mass is 16.4. The van der Waals surface area contributed by atoms with Gasteiger partial charge in [0.15, 0.2) is 5.58 Å². The third-order valence-corrected chi connectivity index (χ3v) is 2.74. The molecule has 0 aliphatic rings. The molecule has 0 fully saturated rings. The Kier molecular flexibility index (Phi) is 3.98. The minimum Gasteiger partial charge on any atom is -0.423 e. The quantitative estimate of drug-likeness (QED) is 0.777. The summed E-state index contributed by atoms with van der Waals surface area (Å²) in [4.78, 5) is 6.64. The van der Waals surface area contributed by atoms with E-state index in [1.165, 1.54) is 0 Å². The van der Waals surface area contributed by atoms with E-state index in [4.69, 9.17) is 4.42 Å². The number of anilines is 1. The first-order valence-corrected chi connectivity index (χ1v) is 6.16. The molecular weight excluding hydrogens is 214 g/mol. The Hall–Kier alpha value is -1.55. The van der Waals surface area contributed by atoms with Gasteiger partial charge in [0.2, 0.25) is 0 Å². The summed E-state index contributed by atoms with van der Waals surface area (Å²) in [5.74, 6) is 0. The predicted octanol–water partition coefficient (Wildman–Crippen LogP) is 2.26. The van der Waals surface area contributed by atoms with Gasteiger partial charge in [-0.2, -0.15) is 4.98 Å². The number of oxazole rings is 1. The molecule has 0 saturated heterocycles. The number of benzene rings is 1. The maximum atomic E-state index is 5.74. The van der Waals surface area contributed by atoms with Gasteiger partial charge in [0, 0.05) is 19.6 Å². The van der Waals surface area contributed by atoms with Crippen LogP contribution in [0.3, 0.4) is 0 Å². The molecule has 2 rings (SSSR count). The lowest BCUT2D eigenvalue weighted by molar-refractivity contribution is 0.562. The number of likely N-dealkylation sites (N-methyl/N-ethyl adjacent to an activating group) is 2. The highest BCUT2D eigenvalue weighted by molar-refractivity contribution is 5.74. The summed E-state index contributed by atoms with van der Waals surface area (Å²) < 4.78 is 5.74. The third-order valence-electron chi connectivity index (χ3n) is 2.74. The maximum Gasteiger partial charge on any atom is 0.298 e. The highest BCUT2D eigenvalue weighted by Gasteiger charge is 2.11. The van der Waals surface area contributed by atoms with Gasteiger partial charge in [-0.15, -0.1) is 0 Å². The molecule has 0 aliphatic heterocycles. The van der Waals surface area contributed by atoms with Crippen LogP contribution < -0.4 is 10.2 Å². The first kappa shape index (κ1) is 11.9. The van der Waals surface area contributed by atoms with Crippen molar-refractivity contribution in [3.8, 4) is 0 Å². The Morgan fingerprint density at radius 1 is 1.29 bits per heavy atom. The van der Waals surface area contributed by atoms with Crippen molar-refractivity contribution in [2.75, 3.05) is 31.1 Å². The molecule has 17 heavy (non-hydrogen) atoms. The van der Waals surface area contributed by atoms with Gasteiger partial charge in [-0.05, 0) is 25.6 Å². The van der Waals surface area contributed by atoms with Gasteiger partial charge < -0.3 is 14.6 Å². The van der Waals surface area contributed by atoms with Crippen molar-refractivity contribution in [2.24, 2.45) is 0 Å². The Bertz CT molecular complexity index is 433. The summed E-state index contributed by atoms with van der Waals surface area (Å²) in [5.41, 5.74) is 1.77. The molecule has 0 unspecified atom stereocenters. The van der Waals surface area contributed by atoms with E-state index >= 15 is 0 Å². The number of hydrogen-bond acceptors (Lipinski definition) is 4. The zero-order chi connectivity index (χ0) is 12.1. The summed E-state index contributed by atoms with van der Waals surface area (Å²) in [6.45, 7) is 7.97. The van der Waals surface area contributed by atoms with Gasteiger partial charge >= 0.3 is 0 Å². The Morgan fingerprint density at radius 2 is 2.12 bits per heavy atom. The van der Waals surface area contributed by atoms with Crippen molar-refractivity contribution in [3.05, 3.63) is 24.3 Å². The van der Waals surface area contributed by atoms with Crippen molar-refractivity contribution >= 4 is 17.1 Å². The normalized spacial score (nSPS) is 10.9. The summed E-state index contributed by atoms with van der Waals surface area (Å²) >= 11 is 0. The van der Waals surface area contributed by atoms with Gasteiger partial charge in [-0.1, -0.05) is 19.1 Å². The number of hydrogen-bond donors (Lipinski definition) is 1. The van der Waals surface area contributed by atoms with Crippen LogP contribution in [-0.2, 0) is 0 Å². The molecule has 1 aromatic carbocycles. The predicted molar refractivity (Wildman–Crippen MR) is 70.4 cm³/mol. The van der Waals surface area contributed by atoms with Crippen LogP contribution in [0, 0.1) is 0 Å². The van der Waals surface area contributed by atoms with Crippen LogP contribution in [0.15, 0.2) is 28.7 Å². The van der Waals surface area contributed by atoms with E-state index in [9.17, 15) is 0 Å². The zero-order valence-electron chi connectivity index (χ0n) is 10.4. The lowest BCUT2D eigenvalue weighted by Gasteiger charge is -2.18. The fourth-order valence-electron chi connectivity index (χ4n) is 1.78. The van der Waals surface area contributed by atoms with Crippen LogP contribution in [-0.4, -0.2) is 31.2 Å². The summed E-state index contributed by atoms with van der Waals surface area (Å²) in [5, 5.41) is 3.31. The van der Waals surface area contributed by atoms with Gasteiger partial charge in [-0.25, -0.2) is 0 Å². The van der Waals surface area contributed by atoms with Gasteiger partial charge in [0.1, 0.15) is 5.52 Å². The van der Waals surface area contributed by atoms with Crippen molar-refractivity contribution in [1.82, 2.24) is 10.3 Å². The number of nitrogens with one attached hydrogen (secondary N) is 1. The van der Waals surface area contributed by atoms with Crippen LogP contribution in [0.1, 0.15) is 13.8 Å². The molecule has 0 atom stereocenters. The van der Waals surface area contributed by atoms with E-state index in [2.05, 4.69) is 29.0 Å². The van der Waals surface area contributed by atoms with Crippen LogP contribution in [0.2, 0.25) is 0 Å². The second-order valence-electron chi connectivity index (χ2n) is 3.90. The van der Waals surface area contributed by atoms with E-state index in [0.29, 0.717) is 6.01 Å². The Balaban J connectivity index is 2.12. The van der Waals surface area contributed by atoms with E-state index in [1.807, 2.05) is 24.3 Å². The van der Waals surface area contributed by atoms with Gasteiger partial charge in [0.05, 0.1) is 0 Å². The first-order chi connectivity index (χ1) is 8.35. The minimum atomic E-state index is 0.714. The van der Waals surface area contributed by atoms with E-state index < -0.39 is 0 Å². The third kappa shape index (κ3) is 2.77. The molecule has 0 radical (unpaired) electrons. The molecule has 4 heteroatoms. The number of fused-ring (bicyclic) bond motifs is 1. The highest BCUT2D eigenvalue weighted by Crippen LogP contribution is 2.20. The largest absolute Gasteiger partial charge is 0.423 e. The molecule has 0 saturated carbocycles. The number of rotatable bonds is 6. The van der Waals surface area contributed by atoms with Crippen LogP contribution in [0.5, 0.6) is 0 Å². The molecule has 0 amide bonds. The van der Waals surface area contributed by atoms with Crippen LogP contribution >= 0.6 is 0 Å². The minimum absolute atomic E-state index is 0.714. The second kappa shape index (κ2) is 5.68. The monoisotopic (exact) mass is 233 g/mol. The Labute approximate surface area is 102 Å². The lowest BCUT2D eigenvalue weighted by atomic mass is 10.3. The maximum absolute atomic E-state index is 5.74. The molecule has 1 aromatic heterocycles. The van der Waals surface area contributed by atoms with Crippen molar-refractivity contribution in [2.45, 2.75) is 13.8 Å². The Morgan fingerprint density at radius 3 is 2.82 bits per heavy atom. The van der Waals surface area contributed by atoms with Crippen LogP contribution in [0.4, 0.5) is 6.01 Å². The molecule has 92 valence electrons. The molecule has 2 aromatic rings. The molecule has 1 heterocycles. The zero-order valence-corrected chi connectivity index (χ0v) is 10.4. The van der Waals surface area contributed by atoms with E-state index in [0.717, 1.165) is 37.3 Å². The summed E-state index contributed by atoms with van der Waals surface area (Å²) in [6.07, 6.45) is 0. The van der Waals surface area contributed by atoms with Gasteiger partial charge in [-0.3, -0.25) is 0 Å². The topological polar surface area (TPSA) is 41.3 Å². The molecule has 4 nitrogen and oxygen atoms in total. The molecule has 0 bridgehead atoms. The number of para-hydroxylation sites is 2. The lowest BCUT2D eigenvalue weighted by Crippen LogP contribution is -2.32.